The summed E-state index contributed by atoms with van der Waals surface area (Å²) >= 11 is 0. The zero-order valence-electron chi connectivity index (χ0n) is 16.6. The highest BCUT2D eigenvalue weighted by Crippen LogP contribution is 2.27. The van der Waals surface area contributed by atoms with Gasteiger partial charge in [-0.05, 0) is 45.4 Å². The number of carbonyl (C=O) groups excluding carboxylic acids is 1. The summed E-state index contributed by atoms with van der Waals surface area (Å²) < 4.78 is 0. The van der Waals surface area contributed by atoms with E-state index in [0.29, 0.717) is 12.5 Å². The fraction of sp³-hybridized carbons (Fsp3) is 0.500. The summed E-state index contributed by atoms with van der Waals surface area (Å²) in [5.41, 5.74) is 1.99. The van der Waals surface area contributed by atoms with Crippen molar-refractivity contribution in [3.8, 4) is 0 Å². The SMILES string of the molecule is Cc1cccc(Nc2cc(C3CCCN(CC(=O)N(C)C)C3)nc(C)n2)n1. The molecule has 7 nitrogen and oxygen atoms in total. The predicted octanol–water partition coefficient (Wildman–Crippen LogP) is 2.50. The minimum atomic E-state index is 0.141. The second-order valence-corrected chi connectivity index (χ2v) is 7.38. The Labute approximate surface area is 160 Å². The third-order valence-corrected chi connectivity index (χ3v) is 4.78. The lowest BCUT2D eigenvalue weighted by Crippen LogP contribution is -2.41. The largest absolute Gasteiger partial charge is 0.348 e. The van der Waals surface area contributed by atoms with Crippen LogP contribution >= 0.6 is 0 Å². The molecule has 0 spiro atoms. The van der Waals surface area contributed by atoms with Crippen LogP contribution in [0.25, 0.3) is 0 Å². The van der Waals surface area contributed by atoms with Crippen LogP contribution in [0.2, 0.25) is 0 Å². The third kappa shape index (κ3) is 5.23. The summed E-state index contributed by atoms with van der Waals surface area (Å²) in [6.45, 7) is 6.14. The van der Waals surface area contributed by atoms with E-state index >= 15 is 0 Å². The zero-order valence-corrected chi connectivity index (χ0v) is 16.6. The fourth-order valence-corrected chi connectivity index (χ4v) is 3.38. The number of rotatable bonds is 5. The van der Waals surface area contributed by atoms with E-state index in [1.165, 1.54) is 0 Å². The molecule has 27 heavy (non-hydrogen) atoms. The number of likely N-dealkylation sites (tertiary alicyclic amines) is 1. The van der Waals surface area contributed by atoms with E-state index in [4.69, 9.17) is 0 Å². The number of pyridine rings is 1. The molecular formula is C20H28N6O. The van der Waals surface area contributed by atoms with Crippen molar-refractivity contribution in [3.63, 3.8) is 0 Å². The summed E-state index contributed by atoms with van der Waals surface area (Å²) in [4.78, 5) is 29.6. The second kappa shape index (κ2) is 8.43. The summed E-state index contributed by atoms with van der Waals surface area (Å²) in [6, 6.07) is 7.88. The molecule has 1 aliphatic rings. The Morgan fingerprint density at radius 1 is 1.22 bits per heavy atom. The Balaban J connectivity index is 1.74. The van der Waals surface area contributed by atoms with Crippen molar-refractivity contribution in [1.29, 1.82) is 0 Å². The average molecular weight is 368 g/mol. The first-order valence-electron chi connectivity index (χ1n) is 9.39. The fourth-order valence-electron chi connectivity index (χ4n) is 3.38. The lowest BCUT2D eigenvalue weighted by atomic mass is 9.94. The number of piperidine rings is 1. The number of hydrogen-bond donors (Lipinski definition) is 1. The molecule has 0 radical (unpaired) electrons. The van der Waals surface area contributed by atoms with Gasteiger partial charge in [-0.2, -0.15) is 0 Å². The highest BCUT2D eigenvalue weighted by molar-refractivity contribution is 5.77. The Bertz CT molecular complexity index is 807. The molecule has 3 heterocycles. The van der Waals surface area contributed by atoms with E-state index in [1.54, 1.807) is 19.0 Å². The Morgan fingerprint density at radius 3 is 2.78 bits per heavy atom. The van der Waals surface area contributed by atoms with E-state index in [9.17, 15) is 4.79 Å². The maximum atomic E-state index is 12.0. The van der Waals surface area contributed by atoms with Crippen molar-refractivity contribution in [3.05, 3.63) is 41.5 Å². The molecule has 0 aliphatic carbocycles. The van der Waals surface area contributed by atoms with Gasteiger partial charge in [-0.3, -0.25) is 9.69 Å². The van der Waals surface area contributed by atoms with Crippen LogP contribution in [0, 0.1) is 13.8 Å². The first-order chi connectivity index (χ1) is 12.9. The highest BCUT2D eigenvalue weighted by Gasteiger charge is 2.25. The van der Waals surface area contributed by atoms with E-state index < -0.39 is 0 Å². The van der Waals surface area contributed by atoms with Crippen LogP contribution in [-0.2, 0) is 4.79 Å². The molecular weight excluding hydrogens is 340 g/mol. The molecule has 1 N–H and O–H groups in total. The molecule has 0 bridgehead atoms. The van der Waals surface area contributed by atoms with Crippen molar-refractivity contribution in [2.45, 2.75) is 32.6 Å². The molecule has 3 rings (SSSR count). The summed E-state index contributed by atoms with van der Waals surface area (Å²) in [6.07, 6.45) is 2.14. The number of amides is 1. The molecule has 2 aromatic heterocycles. The third-order valence-electron chi connectivity index (χ3n) is 4.78. The quantitative estimate of drug-likeness (QED) is 0.874. The number of carbonyl (C=O) groups is 1. The number of likely N-dealkylation sites (N-methyl/N-ethyl adjacent to an activating group) is 1. The molecule has 1 atom stereocenters. The van der Waals surface area contributed by atoms with Gasteiger partial charge in [0.2, 0.25) is 5.91 Å². The molecule has 0 saturated carbocycles. The first kappa shape index (κ1) is 19.2. The molecule has 144 valence electrons. The van der Waals surface area contributed by atoms with Crippen LogP contribution in [0.1, 0.15) is 36.0 Å². The van der Waals surface area contributed by atoms with E-state index in [0.717, 1.165) is 54.8 Å². The lowest BCUT2D eigenvalue weighted by molar-refractivity contribution is -0.130. The summed E-state index contributed by atoms with van der Waals surface area (Å²) in [5, 5.41) is 3.29. The molecule has 2 aromatic rings. The smallest absolute Gasteiger partial charge is 0.236 e. The summed E-state index contributed by atoms with van der Waals surface area (Å²) in [7, 11) is 3.60. The van der Waals surface area contributed by atoms with Gasteiger partial charge in [0.1, 0.15) is 17.5 Å². The minimum Gasteiger partial charge on any atom is -0.348 e. The monoisotopic (exact) mass is 368 g/mol. The zero-order chi connectivity index (χ0) is 19.4. The van der Waals surface area contributed by atoms with Crippen LogP contribution < -0.4 is 5.32 Å². The molecule has 1 fully saturated rings. The van der Waals surface area contributed by atoms with Gasteiger partial charge >= 0.3 is 0 Å². The van der Waals surface area contributed by atoms with Gasteiger partial charge in [0.15, 0.2) is 0 Å². The maximum Gasteiger partial charge on any atom is 0.236 e. The second-order valence-electron chi connectivity index (χ2n) is 7.38. The summed E-state index contributed by atoms with van der Waals surface area (Å²) in [5.74, 6) is 2.73. The molecule has 1 aliphatic heterocycles. The normalized spacial score (nSPS) is 17.6. The van der Waals surface area contributed by atoms with Crippen LogP contribution in [0.4, 0.5) is 11.6 Å². The Morgan fingerprint density at radius 2 is 2.04 bits per heavy atom. The Kier molecular flexibility index (Phi) is 6.01. The first-order valence-corrected chi connectivity index (χ1v) is 9.39. The van der Waals surface area contributed by atoms with Crippen molar-refractivity contribution < 1.29 is 4.79 Å². The van der Waals surface area contributed by atoms with E-state index in [-0.39, 0.29) is 5.91 Å². The lowest BCUT2D eigenvalue weighted by Gasteiger charge is -2.32. The van der Waals surface area contributed by atoms with E-state index in [2.05, 4.69) is 25.2 Å². The van der Waals surface area contributed by atoms with Crippen LogP contribution in [0.3, 0.4) is 0 Å². The van der Waals surface area contributed by atoms with Crippen molar-refractivity contribution in [1.82, 2.24) is 24.8 Å². The van der Waals surface area contributed by atoms with Gasteiger partial charge in [0.05, 0.1) is 12.2 Å². The number of aromatic nitrogens is 3. The van der Waals surface area contributed by atoms with Crippen LogP contribution in [0.15, 0.2) is 24.3 Å². The minimum absolute atomic E-state index is 0.141. The van der Waals surface area contributed by atoms with Crippen molar-refractivity contribution in [2.24, 2.45) is 0 Å². The van der Waals surface area contributed by atoms with Gasteiger partial charge < -0.3 is 10.2 Å². The van der Waals surface area contributed by atoms with Gasteiger partial charge in [0, 0.05) is 38.3 Å². The van der Waals surface area contributed by atoms with Gasteiger partial charge in [-0.1, -0.05) is 6.07 Å². The van der Waals surface area contributed by atoms with Gasteiger partial charge in [-0.15, -0.1) is 0 Å². The standard InChI is InChI=1S/C20H28N6O/c1-14-7-5-9-18(21-14)24-19-11-17(22-15(2)23-19)16-8-6-10-26(12-16)13-20(27)25(3)4/h5,7,9,11,16H,6,8,10,12-13H2,1-4H3,(H,21,22,23,24). The number of hydrogen-bond acceptors (Lipinski definition) is 6. The Hall–Kier alpha value is -2.54. The van der Waals surface area contributed by atoms with Gasteiger partial charge in [0.25, 0.3) is 0 Å². The molecule has 7 heteroatoms. The number of nitrogens with one attached hydrogen (secondary N) is 1. The number of aryl methyl sites for hydroxylation is 2. The van der Waals surface area contributed by atoms with Crippen LogP contribution in [-0.4, -0.2) is 64.4 Å². The molecule has 1 unspecified atom stereocenters. The van der Waals surface area contributed by atoms with E-state index in [1.807, 2.05) is 38.1 Å². The highest BCUT2D eigenvalue weighted by atomic mass is 16.2. The maximum absolute atomic E-state index is 12.0. The van der Waals surface area contributed by atoms with Crippen molar-refractivity contribution in [2.75, 3.05) is 39.0 Å². The number of nitrogens with zero attached hydrogens (tertiary/aromatic N) is 5. The molecule has 1 saturated heterocycles. The molecule has 0 aromatic carbocycles. The topological polar surface area (TPSA) is 74.2 Å². The van der Waals surface area contributed by atoms with Gasteiger partial charge in [-0.25, -0.2) is 15.0 Å². The van der Waals surface area contributed by atoms with Crippen LogP contribution in [0.5, 0.6) is 0 Å². The predicted molar refractivity (Wildman–Crippen MR) is 106 cm³/mol. The average Bonchev–Trinajstić information content (AvgIpc) is 2.61. The van der Waals surface area contributed by atoms with Crippen molar-refractivity contribution >= 4 is 17.5 Å². The number of anilines is 2. The molecule has 1 amide bonds.